The van der Waals surface area contributed by atoms with E-state index in [1.54, 1.807) is 23.1 Å². The molecular formula is C21H26N4OS2. The fourth-order valence-electron chi connectivity index (χ4n) is 3.33. The summed E-state index contributed by atoms with van der Waals surface area (Å²) in [6.07, 6.45) is 0. The molecule has 1 fully saturated rings. The van der Waals surface area contributed by atoms with Crippen molar-refractivity contribution in [3.8, 4) is 6.07 Å². The fraction of sp³-hybridized carbons (Fsp3) is 0.476. The fourth-order valence-corrected chi connectivity index (χ4v) is 5.13. The van der Waals surface area contributed by atoms with Gasteiger partial charge < -0.3 is 4.90 Å². The largest absolute Gasteiger partial charge is 0.336 e. The maximum absolute atomic E-state index is 12.8. The van der Waals surface area contributed by atoms with E-state index in [1.165, 1.54) is 5.56 Å². The smallest absolute Gasteiger partial charge is 0.253 e. The molecule has 1 aliphatic heterocycles. The standard InChI is InChI=1S/C21H26N4OS2/c1-15(2)19(12-22)24-8-10-25(11-9-24)20(26)18-6-4-17(5-7-18)14-28-21-23-16(3)13-27-21/h4-7,13,15,19H,8-11,14H2,1-3H3. The zero-order chi connectivity index (χ0) is 20.1. The van der Waals surface area contributed by atoms with Crippen molar-refractivity contribution in [2.75, 3.05) is 26.2 Å². The first kappa shape index (κ1) is 20.8. The number of hydrogen-bond donors (Lipinski definition) is 0. The molecule has 1 aromatic carbocycles. The molecule has 0 N–H and O–H groups in total. The summed E-state index contributed by atoms with van der Waals surface area (Å²) in [5.74, 6) is 1.23. The number of aromatic nitrogens is 1. The first-order valence-corrected chi connectivity index (χ1v) is 11.4. The molecule has 0 spiro atoms. The molecule has 1 aromatic heterocycles. The van der Waals surface area contributed by atoms with Gasteiger partial charge in [0.25, 0.3) is 5.91 Å². The zero-order valence-electron chi connectivity index (χ0n) is 16.6. The van der Waals surface area contributed by atoms with Crippen LogP contribution in [0, 0.1) is 24.2 Å². The third-order valence-electron chi connectivity index (χ3n) is 4.92. The molecule has 0 radical (unpaired) electrons. The van der Waals surface area contributed by atoms with Crippen LogP contribution in [0.3, 0.4) is 0 Å². The van der Waals surface area contributed by atoms with E-state index in [0.717, 1.165) is 34.4 Å². The predicted molar refractivity (Wildman–Crippen MR) is 115 cm³/mol. The lowest BCUT2D eigenvalue weighted by Gasteiger charge is -2.38. The van der Waals surface area contributed by atoms with Crippen molar-refractivity contribution in [1.29, 1.82) is 5.26 Å². The van der Waals surface area contributed by atoms with Gasteiger partial charge in [0.1, 0.15) is 10.4 Å². The Morgan fingerprint density at radius 2 is 1.93 bits per heavy atom. The molecule has 28 heavy (non-hydrogen) atoms. The molecule has 3 rings (SSSR count). The monoisotopic (exact) mass is 414 g/mol. The summed E-state index contributed by atoms with van der Waals surface area (Å²) in [5, 5.41) is 11.4. The molecule has 148 valence electrons. The van der Waals surface area contributed by atoms with Gasteiger partial charge in [-0.15, -0.1) is 11.3 Å². The van der Waals surface area contributed by atoms with Gasteiger partial charge in [-0.3, -0.25) is 9.69 Å². The van der Waals surface area contributed by atoms with Gasteiger partial charge in [0, 0.05) is 48.6 Å². The van der Waals surface area contributed by atoms with Crippen molar-refractivity contribution < 1.29 is 4.79 Å². The van der Waals surface area contributed by atoms with Crippen LogP contribution in [0.1, 0.15) is 35.5 Å². The van der Waals surface area contributed by atoms with Gasteiger partial charge in [0.15, 0.2) is 0 Å². The van der Waals surface area contributed by atoms with Crippen LogP contribution in [-0.4, -0.2) is 52.9 Å². The molecule has 1 atom stereocenters. The van der Waals surface area contributed by atoms with Crippen molar-refractivity contribution >= 4 is 29.0 Å². The normalized spacial score (nSPS) is 16.2. The Morgan fingerprint density at radius 1 is 1.25 bits per heavy atom. The molecule has 1 amide bonds. The van der Waals surface area contributed by atoms with Crippen LogP contribution in [0.4, 0.5) is 0 Å². The van der Waals surface area contributed by atoms with E-state index >= 15 is 0 Å². The van der Waals surface area contributed by atoms with Gasteiger partial charge in [0.05, 0.1) is 6.07 Å². The molecule has 2 heterocycles. The van der Waals surface area contributed by atoms with Gasteiger partial charge in [-0.05, 0) is 30.5 Å². The number of hydrogen-bond acceptors (Lipinski definition) is 6. The maximum Gasteiger partial charge on any atom is 0.253 e. The topological polar surface area (TPSA) is 60.2 Å². The number of aryl methyl sites for hydroxylation is 1. The summed E-state index contributed by atoms with van der Waals surface area (Å²) in [7, 11) is 0. The van der Waals surface area contributed by atoms with Crippen molar-refractivity contribution in [2.45, 2.75) is 36.9 Å². The number of thioether (sulfide) groups is 1. The van der Waals surface area contributed by atoms with E-state index in [0.29, 0.717) is 19.0 Å². The number of benzene rings is 1. The molecule has 7 heteroatoms. The quantitative estimate of drug-likeness (QED) is 0.668. The first-order chi connectivity index (χ1) is 13.5. The van der Waals surface area contributed by atoms with Crippen molar-refractivity contribution in [1.82, 2.24) is 14.8 Å². The highest BCUT2D eigenvalue weighted by Gasteiger charge is 2.28. The maximum atomic E-state index is 12.8. The third-order valence-corrected chi connectivity index (χ3v) is 7.13. The van der Waals surface area contributed by atoms with Crippen molar-refractivity contribution in [2.24, 2.45) is 5.92 Å². The van der Waals surface area contributed by atoms with E-state index < -0.39 is 0 Å². The minimum atomic E-state index is -0.0735. The molecule has 5 nitrogen and oxygen atoms in total. The van der Waals surface area contributed by atoms with E-state index in [9.17, 15) is 10.1 Å². The second-order valence-corrected chi connectivity index (χ2v) is 9.47. The molecule has 2 aromatic rings. The number of rotatable bonds is 6. The lowest BCUT2D eigenvalue weighted by atomic mass is 10.0. The number of nitrogens with zero attached hydrogens (tertiary/aromatic N) is 4. The van der Waals surface area contributed by atoms with E-state index in [1.807, 2.05) is 36.1 Å². The molecule has 1 unspecified atom stereocenters. The summed E-state index contributed by atoms with van der Waals surface area (Å²) >= 11 is 3.39. The van der Waals surface area contributed by atoms with Crippen LogP contribution in [0.15, 0.2) is 34.0 Å². The first-order valence-electron chi connectivity index (χ1n) is 9.54. The Morgan fingerprint density at radius 3 is 2.46 bits per heavy atom. The van der Waals surface area contributed by atoms with Crippen molar-refractivity contribution in [3.63, 3.8) is 0 Å². The molecule has 1 saturated heterocycles. The number of amides is 1. The Kier molecular flexibility index (Phi) is 7.11. The highest BCUT2D eigenvalue weighted by Crippen LogP contribution is 2.26. The average molecular weight is 415 g/mol. The van der Waals surface area contributed by atoms with E-state index in [4.69, 9.17) is 0 Å². The summed E-state index contributed by atoms with van der Waals surface area (Å²) in [6.45, 7) is 9.00. The van der Waals surface area contributed by atoms with Crippen LogP contribution < -0.4 is 0 Å². The van der Waals surface area contributed by atoms with E-state index in [2.05, 4.69) is 35.2 Å². The number of piperazine rings is 1. The molecule has 0 aliphatic carbocycles. The highest BCUT2D eigenvalue weighted by molar-refractivity contribution is 8.00. The van der Waals surface area contributed by atoms with Crippen LogP contribution in [0.2, 0.25) is 0 Å². The molecule has 1 aliphatic rings. The highest BCUT2D eigenvalue weighted by atomic mass is 32.2. The van der Waals surface area contributed by atoms with Gasteiger partial charge in [-0.1, -0.05) is 37.7 Å². The number of nitriles is 1. The Hall–Kier alpha value is -1.88. The summed E-state index contributed by atoms with van der Waals surface area (Å²) in [4.78, 5) is 21.4. The predicted octanol–water partition coefficient (Wildman–Crippen LogP) is 4.05. The van der Waals surface area contributed by atoms with Gasteiger partial charge in [-0.2, -0.15) is 5.26 Å². The number of thiazole rings is 1. The van der Waals surface area contributed by atoms with Crippen LogP contribution >= 0.6 is 23.1 Å². The minimum Gasteiger partial charge on any atom is -0.336 e. The summed E-state index contributed by atoms with van der Waals surface area (Å²) in [5.41, 5.74) is 2.98. The van der Waals surface area contributed by atoms with Crippen molar-refractivity contribution in [3.05, 3.63) is 46.5 Å². The van der Waals surface area contributed by atoms with Gasteiger partial charge in [0.2, 0.25) is 0 Å². The Balaban J connectivity index is 1.53. The summed E-state index contributed by atoms with van der Waals surface area (Å²) < 4.78 is 1.08. The minimum absolute atomic E-state index is 0.0735. The Bertz CT molecular complexity index is 833. The van der Waals surface area contributed by atoms with E-state index in [-0.39, 0.29) is 11.9 Å². The van der Waals surface area contributed by atoms with Crippen LogP contribution in [-0.2, 0) is 5.75 Å². The third kappa shape index (κ3) is 5.13. The SMILES string of the molecule is Cc1csc(SCc2ccc(C(=O)N3CCN(C(C#N)C(C)C)CC3)cc2)n1. The number of carbonyl (C=O) groups is 1. The lowest BCUT2D eigenvalue weighted by Crippen LogP contribution is -2.52. The van der Waals surface area contributed by atoms with Crippen LogP contribution in [0.25, 0.3) is 0 Å². The Labute approximate surface area is 175 Å². The second kappa shape index (κ2) is 9.55. The van der Waals surface area contributed by atoms with Gasteiger partial charge >= 0.3 is 0 Å². The van der Waals surface area contributed by atoms with Crippen LogP contribution in [0.5, 0.6) is 0 Å². The van der Waals surface area contributed by atoms with Gasteiger partial charge in [-0.25, -0.2) is 4.98 Å². The molecular weight excluding hydrogens is 388 g/mol. The summed E-state index contributed by atoms with van der Waals surface area (Å²) in [6, 6.07) is 10.2. The second-order valence-electron chi connectivity index (χ2n) is 7.39. The average Bonchev–Trinajstić information content (AvgIpc) is 3.12. The molecule has 0 bridgehead atoms. The lowest BCUT2D eigenvalue weighted by molar-refractivity contribution is 0.0576. The zero-order valence-corrected chi connectivity index (χ0v) is 18.2. The number of carbonyl (C=O) groups excluding carboxylic acids is 1. The molecule has 0 saturated carbocycles.